The maximum atomic E-state index is 14.1. The SMILES string of the molecule is Nc1c(Br)cc(C[C@@H](NC(=O)N2CCC(n3cc(-c4ccc(Cl)c(Cl)c4)[nH]c3=O)CC2)C(=O)N2CCC(N3CCCCCC3)CC2)cc1Br. The topological polar surface area (TPSA) is 120 Å². The van der Waals surface area contributed by atoms with Crippen LogP contribution in [0.4, 0.5) is 10.5 Å². The highest BCUT2D eigenvalue weighted by molar-refractivity contribution is 9.11. The summed E-state index contributed by atoms with van der Waals surface area (Å²) in [5.74, 6) is -0.0599. The van der Waals surface area contributed by atoms with E-state index >= 15 is 0 Å². The zero-order valence-corrected chi connectivity index (χ0v) is 32.1. The van der Waals surface area contributed by atoms with E-state index in [0.717, 1.165) is 46.0 Å². The number of nitrogen functional groups attached to an aromatic ring is 1. The fourth-order valence-electron chi connectivity index (χ4n) is 7.40. The largest absolute Gasteiger partial charge is 0.397 e. The third kappa shape index (κ3) is 8.69. The molecule has 3 aromatic rings. The lowest BCUT2D eigenvalue weighted by molar-refractivity contribution is -0.134. The van der Waals surface area contributed by atoms with Gasteiger partial charge < -0.3 is 30.7 Å². The van der Waals surface area contributed by atoms with Crippen molar-refractivity contribution < 1.29 is 9.59 Å². The zero-order chi connectivity index (χ0) is 34.7. The van der Waals surface area contributed by atoms with Gasteiger partial charge in [-0.2, -0.15) is 0 Å². The third-order valence-corrected chi connectivity index (χ3v) is 12.3. The fraction of sp³-hybridized carbons (Fsp3) is 0.514. The molecule has 1 aromatic heterocycles. The summed E-state index contributed by atoms with van der Waals surface area (Å²) >= 11 is 19.3. The lowest BCUT2D eigenvalue weighted by atomic mass is 9.99. The number of halogens is 4. The Bertz CT molecular complexity index is 1690. The first-order valence-corrected chi connectivity index (χ1v) is 19.5. The van der Waals surface area contributed by atoms with Gasteiger partial charge in [-0.1, -0.05) is 42.1 Å². The number of urea groups is 1. The highest BCUT2D eigenvalue weighted by Gasteiger charge is 2.34. The quantitative estimate of drug-likeness (QED) is 0.220. The van der Waals surface area contributed by atoms with Gasteiger partial charge in [0.05, 0.1) is 21.4 Å². The number of hydrogen-bond acceptors (Lipinski definition) is 5. The average Bonchev–Trinajstić information content (AvgIpc) is 3.29. The number of benzene rings is 2. The highest BCUT2D eigenvalue weighted by atomic mass is 79.9. The van der Waals surface area contributed by atoms with Crippen molar-refractivity contribution in [3.63, 3.8) is 0 Å². The van der Waals surface area contributed by atoms with Crippen LogP contribution in [0.2, 0.25) is 10.0 Å². The van der Waals surface area contributed by atoms with Crippen molar-refractivity contribution >= 4 is 72.7 Å². The minimum absolute atomic E-state index is 0.0599. The molecule has 3 fully saturated rings. The van der Waals surface area contributed by atoms with Crippen LogP contribution in [0.15, 0.2) is 50.3 Å². The van der Waals surface area contributed by atoms with Gasteiger partial charge in [0.15, 0.2) is 0 Å². The van der Waals surface area contributed by atoms with E-state index in [2.05, 4.69) is 47.1 Å². The number of aromatic nitrogens is 2. The van der Waals surface area contributed by atoms with Gasteiger partial charge in [-0.25, -0.2) is 9.59 Å². The number of carbonyl (C=O) groups excluding carboxylic acids is 2. The van der Waals surface area contributed by atoms with Crippen molar-refractivity contribution in [2.75, 3.05) is 45.0 Å². The van der Waals surface area contributed by atoms with Crippen molar-refractivity contribution in [2.45, 2.75) is 75.9 Å². The van der Waals surface area contributed by atoms with E-state index in [9.17, 15) is 14.4 Å². The van der Waals surface area contributed by atoms with Gasteiger partial charge >= 0.3 is 11.7 Å². The van der Waals surface area contributed by atoms with Gasteiger partial charge in [-0.3, -0.25) is 9.36 Å². The van der Waals surface area contributed by atoms with Crippen LogP contribution < -0.4 is 16.7 Å². The lowest BCUT2D eigenvalue weighted by Gasteiger charge is -2.39. The summed E-state index contributed by atoms with van der Waals surface area (Å²) in [7, 11) is 0. The minimum atomic E-state index is -0.733. The van der Waals surface area contributed by atoms with Crippen LogP contribution in [-0.2, 0) is 11.2 Å². The first-order valence-electron chi connectivity index (χ1n) is 17.2. The number of amides is 3. The van der Waals surface area contributed by atoms with Crippen LogP contribution in [0.5, 0.6) is 0 Å². The first-order chi connectivity index (χ1) is 23.6. The molecule has 0 bridgehead atoms. The van der Waals surface area contributed by atoms with E-state index in [1.54, 1.807) is 27.8 Å². The van der Waals surface area contributed by atoms with E-state index in [1.807, 2.05) is 23.1 Å². The van der Waals surface area contributed by atoms with Crippen LogP contribution in [0.25, 0.3) is 11.3 Å². The molecule has 3 saturated heterocycles. The molecule has 3 aliphatic rings. The molecule has 3 amide bonds. The number of rotatable bonds is 7. The molecule has 0 radical (unpaired) electrons. The second-order valence-electron chi connectivity index (χ2n) is 13.4. The molecule has 4 heterocycles. The molecule has 49 heavy (non-hydrogen) atoms. The average molecular weight is 840 g/mol. The number of nitrogens with one attached hydrogen (secondary N) is 2. The summed E-state index contributed by atoms with van der Waals surface area (Å²) in [6.07, 6.45) is 10.3. The van der Waals surface area contributed by atoms with E-state index in [0.29, 0.717) is 72.9 Å². The van der Waals surface area contributed by atoms with Crippen LogP contribution in [0.1, 0.15) is 63.0 Å². The predicted octanol–water partition coefficient (Wildman–Crippen LogP) is 7.08. The number of aromatic amines is 1. The predicted molar refractivity (Wildman–Crippen MR) is 202 cm³/mol. The molecular formula is C35H43Br2Cl2N7O3. The number of anilines is 1. The number of nitrogens with zero attached hydrogens (tertiary/aromatic N) is 4. The van der Waals surface area contributed by atoms with Gasteiger partial charge in [0.2, 0.25) is 5.91 Å². The van der Waals surface area contributed by atoms with Crippen LogP contribution in [0, 0.1) is 0 Å². The number of hydrogen-bond donors (Lipinski definition) is 3. The molecule has 0 spiro atoms. The Morgan fingerprint density at radius 3 is 2.10 bits per heavy atom. The van der Waals surface area contributed by atoms with Crippen LogP contribution >= 0.6 is 55.1 Å². The second kappa shape index (κ2) is 16.2. The Balaban J connectivity index is 1.11. The Hall–Kier alpha value is -2.51. The Morgan fingerprint density at radius 1 is 0.857 bits per heavy atom. The molecule has 0 unspecified atom stereocenters. The Morgan fingerprint density at radius 2 is 1.47 bits per heavy atom. The zero-order valence-electron chi connectivity index (χ0n) is 27.4. The molecule has 14 heteroatoms. The van der Waals surface area contributed by atoms with Gasteiger partial charge in [0.1, 0.15) is 6.04 Å². The summed E-state index contributed by atoms with van der Waals surface area (Å²) in [5, 5.41) is 3.96. The minimum Gasteiger partial charge on any atom is -0.397 e. The van der Waals surface area contributed by atoms with Gasteiger partial charge in [-0.05, 0) is 113 Å². The monoisotopic (exact) mass is 837 g/mol. The number of imidazole rings is 1. The van der Waals surface area contributed by atoms with Crippen molar-refractivity contribution in [2.24, 2.45) is 0 Å². The number of nitrogens with two attached hydrogens (primary N) is 1. The van der Waals surface area contributed by atoms with Crippen molar-refractivity contribution in [1.29, 1.82) is 0 Å². The normalized spacial score (nSPS) is 19.1. The number of likely N-dealkylation sites (tertiary alicyclic amines) is 3. The standard InChI is InChI=1S/C35H43Br2Cl2N7O3/c36-26-17-22(18-27(37)32(26)40)19-30(33(47)44-13-7-24(8-14-44)43-11-3-1-2-4-12-43)41-34(48)45-15-9-25(10-16-45)46-21-31(42-35(46)49)23-5-6-28(38)29(39)20-23/h5-6,17-18,20-21,24-25,30H,1-4,7-16,19,40H2,(H,41,48)(H,42,49)/t30-/m1/s1. The van der Waals surface area contributed by atoms with E-state index in [4.69, 9.17) is 28.9 Å². The summed E-state index contributed by atoms with van der Waals surface area (Å²) in [6.45, 7) is 4.57. The maximum Gasteiger partial charge on any atom is 0.326 e. The molecule has 0 aliphatic carbocycles. The fourth-order valence-corrected chi connectivity index (χ4v) is 8.98. The van der Waals surface area contributed by atoms with Crippen LogP contribution in [-0.4, -0.2) is 87.5 Å². The van der Waals surface area contributed by atoms with Crippen LogP contribution in [0.3, 0.4) is 0 Å². The summed E-state index contributed by atoms with van der Waals surface area (Å²) in [6, 6.07) is 8.48. The van der Waals surface area contributed by atoms with Crippen molar-refractivity contribution in [3.8, 4) is 11.3 Å². The summed E-state index contributed by atoms with van der Waals surface area (Å²) in [4.78, 5) is 50.0. The molecule has 2 aromatic carbocycles. The smallest absolute Gasteiger partial charge is 0.326 e. The van der Waals surface area contributed by atoms with Crippen molar-refractivity contribution in [1.82, 2.24) is 29.6 Å². The number of carbonyl (C=O) groups is 2. The number of H-pyrrole nitrogens is 1. The lowest BCUT2D eigenvalue weighted by Crippen LogP contribution is -2.56. The van der Waals surface area contributed by atoms with E-state index < -0.39 is 6.04 Å². The molecule has 0 saturated carbocycles. The van der Waals surface area contributed by atoms with Gasteiger partial charge in [-0.15, -0.1) is 0 Å². The summed E-state index contributed by atoms with van der Waals surface area (Å²) in [5.41, 5.74) is 8.82. The molecule has 1 atom stereocenters. The molecule has 3 aliphatic heterocycles. The van der Waals surface area contributed by atoms with Gasteiger partial charge in [0, 0.05) is 65.4 Å². The number of piperidine rings is 2. The Kier molecular flexibility index (Phi) is 12.0. The Labute approximate surface area is 313 Å². The van der Waals surface area contributed by atoms with E-state index in [1.165, 1.54) is 25.7 Å². The molecular weight excluding hydrogens is 797 g/mol. The highest BCUT2D eigenvalue weighted by Crippen LogP contribution is 2.31. The first kappa shape index (κ1) is 36.3. The summed E-state index contributed by atoms with van der Waals surface area (Å²) < 4.78 is 3.17. The molecule has 6 rings (SSSR count). The molecule has 4 N–H and O–H groups in total. The maximum absolute atomic E-state index is 14.1. The second-order valence-corrected chi connectivity index (χ2v) is 15.9. The molecule has 10 nitrogen and oxygen atoms in total. The van der Waals surface area contributed by atoms with E-state index in [-0.39, 0.29) is 23.7 Å². The van der Waals surface area contributed by atoms with Crippen molar-refractivity contribution in [3.05, 3.63) is 71.6 Å². The van der Waals surface area contributed by atoms with Gasteiger partial charge in [0.25, 0.3) is 0 Å². The molecule has 264 valence electrons. The third-order valence-electron chi connectivity index (χ3n) is 10.2.